The van der Waals surface area contributed by atoms with Crippen LogP contribution in [0.25, 0.3) is 0 Å². The maximum absolute atomic E-state index is 13.3. The van der Waals surface area contributed by atoms with Crippen LogP contribution in [-0.2, 0) is 17.8 Å². The summed E-state index contributed by atoms with van der Waals surface area (Å²) in [6.07, 6.45) is 5.29. The molecular formula is C25H31ClFN5O3. The topological polar surface area (TPSA) is 88.4 Å². The zero-order chi connectivity index (χ0) is 25.6. The van der Waals surface area contributed by atoms with Gasteiger partial charge in [0.25, 0.3) is 0 Å². The number of hydrogen-bond donors (Lipinski definition) is 1. The second-order valence-corrected chi connectivity index (χ2v) is 8.02. The molecule has 3 rings (SSSR count). The summed E-state index contributed by atoms with van der Waals surface area (Å²) in [5, 5.41) is 3.70. The van der Waals surface area contributed by atoms with E-state index in [1.165, 1.54) is 6.92 Å². The SMILES string of the molecule is C=N/C=C(F)\C=N/CN1CCc2c(ccc(Oc3ccc(OCC(C)NC)nc3)c2Cl)C1.CC=O. The van der Waals surface area contributed by atoms with Gasteiger partial charge >= 0.3 is 0 Å². The predicted molar refractivity (Wildman–Crippen MR) is 138 cm³/mol. The number of likely N-dealkylation sites (N-methyl/N-ethyl adjacent to an activating group) is 1. The van der Waals surface area contributed by atoms with Gasteiger partial charge in [-0.1, -0.05) is 17.7 Å². The number of hydrogen-bond acceptors (Lipinski definition) is 8. The first-order valence-electron chi connectivity index (χ1n) is 11.1. The molecule has 0 bridgehead atoms. The summed E-state index contributed by atoms with van der Waals surface area (Å²) in [6.45, 7) is 9.04. The molecule has 1 aromatic heterocycles. The average molecular weight is 504 g/mol. The van der Waals surface area contributed by atoms with E-state index in [4.69, 9.17) is 25.9 Å². The number of fused-ring (bicyclic) bond motifs is 1. The highest BCUT2D eigenvalue weighted by atomic mass is 35.5. The van der Waals surface area contributed by atoms with Crippen molar-refractivity contribution < 1.29 is 18.7 Å². The summed E-state index contributed by atoms with van der Waals surface area (Å²) in [6, 6.07) is 7.66. The molecule has 0 saturated heterocycles. The molecule has 2 aromatic rings. The highest BCUT2D eigenvalue weighted by Crippen LogP contribution is 2.36. The van der Waals surface area contributed by atoms with Gasteiger partial charge in [0.05, 0.1) is 30.3 Å². The summed E-state index contributed by atoms with van der Waals surface area (Å²) in [5.74, 6) is 1.18. The molecule has 188 valence electrons. The molecule has 0 spiro atoms. The van der Waals surface area contributed by atoms with E-state index in [1.807, 2.05) is 26.1 Å². The van der Waals surface area contributed by atoms with E-state index in [9.17, 15) is 4.39 Å². The van der Waals surface area contributed by atoms with Gasteiger partial charge in [0.2, 0.25) is 5.88 Å². The summed E-state index contributed by atoms with van der Waals surface area (Å²) in [5.41, 5.74) is 2.16. The molecule has 35 heavy (non-hydrogen) atoms. The van der Waals surface area contributed by atoms with Crippen LogP contribution in [0.4, 0.5) is 4.39 Å². The summed E-state index contributed by atoms with van der Waals surface area (Å²) in [4.78, 5) is 22.7. The third-order valence-corrected chi connectivity index (χ3v) is 5.41. The van der Waals surface area contributed by atoms with Crippen LogP contribution in [0.3, 0.4) is 0 Å². The van der Waals surface area contributed by atoms with Crippen molar-refractivity contribution in [2.24, 2.45) is 9.98 Å². The Morgan fingerprint density at radius 2 is 2.17 bits per heavy atom. The van der Waals surface area contributed by atoms with Crippen LogP contribution in [0.15, 0.2) is 52.5 Å². The van der Waals surface area contributed by atoms with Crippen LogP contribution in [0.1, 0.15) is 25.0 Å². The minimum absolute atomic E-state index is 0.234. The van der Waals surface area contributed by atoms with E-state index in [-0.39, 0.29) is 6.04 Å². The van der Waals surface area contributed by atoms with Gasteiger partial charge in [-0.05, 0) is 57.3 Å². The molecule has 0 fully saturated rings. The van der Waals surface area contributed by atoms with Gasteiger partial charge in [0.1, 0.15) is 24.4 Å². The fourth-order valence-electron chi connectivity index (χ4n) is 3.14. The Kier molecular flexibility index (Phi) is 12.0. The van der Waals surface area contributed by atoms with E-state index in [0.29, 0.717) is 42.2 Å². The smallest absolute Gasteiger partial charge is 0.213 e. The first-order chi connectivity index (χ1) is 16.9. The van der Waals surface area contributed by atoms with Crippen molar-refractivity contribution in [2.75, 3.05) is 26.9 Å². The largest absolute Gasteiger partial charge is 0.476 e. The van der Waals surface area contributed by atoms with Gasteiger partial charge in [-0.2, -0.15) is 0 Å². The van der Waals surface area contributed by atoms with E-state index in [0.717, 1.165) is 42.8 Å². The van der Waals surface area contributed by atoms with Crippen LogP contribution in [0.2, 0.25) is 5.02 Å². The molecule has 0 saturated carbocycles. The summed E-state index contributed by atoms with van der Waals surface area (Å²) < 4.78 is 24.9. The molecule has 0 amide bonds. The number of nitrogens with one attached hydrogen (secondary N) is 1. The number of aromatic nitrogens is 1. The van der Waals surface area contributed by atoms with Crippen molar-refractivity contribution in [3.05, 3.63) is 58.6 Å². The number of halogens is 2. The van der Waals surface area contributed by atoms with Crippen LogP contribution < -0.4 is 14.8 Å². The average Bonchev–Trinajstić information content (AvgIpc) is 2.85. The number of aliphatic imine (C=N–C) groups is 2. The highest BCUT2D eigenvalue weighted by molar-refractivity contribution is 6.33. The van der Waals surface area contributed by atoms with Gasteiger partial charge in [0.15, 0.2) is 5.83 Å². The molecule has 1 unspecified atom stereocenters. The quantitative estimate of drug-likeness (QED) is 0.376. The fraction of sp³-hybridized carbons (Fsp3) is 0.360. The van der Waals surface area contributed by atoms with E-state index >= 15 is 0 Å². The number of carbonyl (C=O) groups excluding carboxylic acids is 1. The van der Waals surface area contributed by atoms with Crippen molar-refractivity contribution in [1.82, 2.24) is 15.2 Å². The molecular weight excluding hydrogens is 473 g/mol. The van der Waals surface area contributed by atoms with Crippen LogP contribution in [-0.4, -0.2) is 62.0 Å². The second-order valence-electron chi connectivity index (χ2n) is 7.64. The Morgan fingerprint density at radius 1 is 1.40 bits per heavy atom. The molecule has 1 aromatic carbocycles. The lowest BCUT2D eigenvalue weighted by molar-refractivity contribution is -0.106. The number of pyridine rings is 1. The number of aldehydes is 1. The maximum Gasteiger partial charge on any atom is 0.213 e. The Balaban J connectivity index is 0.00000137. The molecule has 1 N–H and O–H groups in total. The highest BCUT2D eigenvalue weighted by Gasteiger charge is 2.20. The Morgan fingerprint density at radius 3 is 2.83 bits per heavy atom. The molecule has 10 heteroatoms. The molecule has 1 atom stereocenters. The summed E-state index contributed by atoms with van der Waals surface area (Å²) in [7, 11) is 1.88. The third kappa shape index (κ3) is 9.20. The first-order valence-corrected chi connectivity index (χ1v) is 11.5. The Hall–Kier alpha value is -3.14. The van der Waals surface area contributed by atoms with Gasteiger partial charge in [-0.15, -0.1) is 0 Å². The van der Waals surface area contributed by atoms with E-state index < -0.39 is 5.83 Å². The molecule has 1 aliphatic rings. The molecule has 1 aliphatic heterocycles. The lowest BCUT2D eigenvalue weighted by atomic mass is 9.99. The number of benzene rings is 1. The fourth-order valence-corrected chi connectivity index (χ4v) is 3.46. The third-order valence-electron chi connectivity index (χ3n) is 5.00. The zero-order valence-electron chi connectivity index (χ0n) is 20.2. The molecule has 2 heterocycles. The maximum atomic E-state index is 13.3. The molecule has 0 aliphatic carbocycles. The van der Waals surface area contributed by atoms with Gasteiger partial charge in [-0.25, -0.2) is 9.37 Å². The number of ether oxygens (including phenoxy) is 2. The summed E-state index contributed by atoms with van der Waals surface area (Å²) >= 11 is 6.64. The zero-order valence-corrected chi connectivity index (χ0v) is 21.0. The number of nitrogens with zero attached hydrogens (tertiary/aromatic N) is 4. The molecule has 8 nitrogen and oxygen atoms in total. The Labute approximate surface area is 210 Å². The Bertz CT molecular complexity index is 1030. The van der Waals surface area contributed by atoms with Crippen molar-refractivity contribution in [1.29, 1.82) is 0 Å². The van der Waals surface area contributed by atoms with E-state index in [1.54, 1.807) is 18.3 Å². The molecule has 0 radical (unpaired) electrons. The van der Waals surface area contributed by atoms with Crippen molar-refractivity contribution in [3.8, 4) is 17.4 Å². The standard InChI is InChI=1S/C23H27ClFN5O2.C2H4O/c1-16(27-3)14-31-22-7-5-19(12-29-22)32-21-6-4-17-13-30(9-8-20(17)23(21)24)15-28-11-18(25)10-26-2;1-2-3/h4-7,10-12,16,27H,2,8-9,13-15H2,1,3H3;2H,1H3/b18-10+,28-11-;. The lowest BCUT2D eigenvalue weighted by Gasteiger charge is -2.28. The minimum Gasteiger partial charge on any atom is -0.476 e. The van der Waals surface area contributed by atoms with Crippen molar-refractivity contribution in [2.45, 2.75) is 32.9 Å². The first kappa shape index (κ1) is 28.1. The van der Waals surface area contributed by atoms with Crippen LogP contribution in [0.5, 0.6) is 17.4 Å². The number of allylic oxidation sites excluding steroid dienone is 1. The normalized spacial score (nSPS) is 14.5. The number of rotatable bonds is 10. The van der Waals surface area contributed by atoms with Gasteiger partial charge in [0, 0.05) is 25.2 Å². The van der Waals surface area contributed by atoms with Gasteiger partial charge < -0.3 is 19.6 Å². The van der Waals surface area contributed by atoms with Gasteiger partial charge in [-0.3, -0.25) is 14.9 Å². The minimum atomic E-state index is -0.524. The number of carbonyl (C=O) groups is 1. The van der Waals surface area contributed by atoms with E-state index in [2.05, 4.69) is 31.9 Å². The van der Waals surface area contributed by atoms with Crippen molar-refractivity contribution in [3.63, 3.8) is 0 Å². The second kappa shape index (κ2) is 15.0. The van der Waals surface area contributed by atoms with Crippen LogP contribution in [0, 0.1) is 0 Å². The van der Waals surface area contributed by atoms with Crippen LogP contribution >= 0.6 is 11.6 Å². The predicted octanol–water partition coefficient (Wildman–Crippen LogP) is 4.62. The van der Waals surface area contributed by atoms with Crippen molar-refractivity contribution >= 4 is 30.8 Å². The monoisotopic (exact) mass is 503 g/mol. The lowest BCUT2D eigenvalue weighted by Crippen LogP contribution is -2.30.